The van der Waals surface area contributed by atoms with Crippen molar-refractivity contribution in [3.05, 3.63) is 32.2 Å². The Balaban J connectivity index is 2.71. The largest absolute Gasteiger partial charge is 0.358 e. The molecule has 0 aliphatic heterocycles. The topological polar surface area (TPSA) is 124 Å². The Morgan fingerprint density at radius 1 is 1.54 bits per heavy atom. The smallest absolute Gasteiger partial charge is 0.345 e. The van der Waals surface area contributed by atoms with E-state index in [1.54, 1.807) is 0 Å². The lowest BCUT2D eigenvalue weighted by molar-refractivity contribution is -0.763. The van der Waals surface area contributed by atoms with Crippen LogP contribution in [0.4, 0.5) is 5.82 Å². The van der Waals surface area contributed by atoms with Crippen LogP contribution < -0.4 is 0 Å². The van der Waals surface area contributed by atoms with Gasteiger partial charge in [0.1, 0.15) is 6.61 Å². The van der Waals surface area contributed by atoms with Crippen LogP contribution in [0.15, 0.2) is 6.33 Å². The van der Waals surface area contributed by atoms with E-state index in [0.29, 0.717) is 0 Å². The highest BCUT2D eigenvalue weighted by molar-refractivity contribution is 5.24. The van der Waals surface area contributed by atoms with Crippen LogP contribution in [0, 0.1) is 20.2 Å². The number of aromatic nitrogens is 2. The van der Waals surface area contributed by atoms with Crippen molar-refractivity contribution in [2.75, 3.05) is 0 Å². The van der Waals surface area contributed by atoms with E-state index < -0.39 is 22.4 Å². The fourth-order valence-corrected chi connectivity index (χ4v) is 0.693. The molecule has 1 aromatic rings. The Morgan fingerprint density at radius 3 is 2.77 bits per heavy atom. The highest BCUT2D eigenvalue weighted by atomic mass is 16.9. The first-order valence-corrected chi connectivity index (χ1v) is 3.05. The van der Waals surface area contributed by atoms with Crippen molar-refractivity contribution >= 4 is 5.82 Å². The molecule has 0 amide bonds. The van der Waals surface area contributed by atoms with Gasteiger partial charge in [0, 0.05) is 0 Å². The van der Waals surface area contributed by atoms with Gasteiger partial charge in [-0.25, -0.2) is 9.97 Å². The summed E-state index contributed by atoms with van der Waals surface area (Å²) in [4.78, 5) is 28.9. The summed E-state index contributed by atoms with van der Waals surface area (Å²) in [5.41, 5.74) is -0.110. The van der Waals surface area contributed by atoms with Crippen LogP contribution in [0.3, 0.4) is 0 Å². The average Bonchev–Trinajstić information content (AvgIpc) is 2.47. The highest BCUT2D eigenvalue weighted by Gasteiger charge is 2.15. The first kappa shape index (κ1) is 8.90. The van der Waals surface area contributed by atoms with Crippen molar-refractivity contribution in [1.29, 1.82) is 0 Å². The molecular weight excluding hydrogens is 184 g/mol. The molecule has 0 radical (unpaired) electrons. The van der Waals surface area contributed by atoms with Gasteiger partial charge in [0.2, 0.25) is 0 Å². The third-order valence-electron chi connectivity index (χ3n) is 1.18. The van der Waals surface area contributed by atoms with Crippen LogP contribution >= 0.6 is 0 Å². The number of nitro groups is 1. The Labute approximate surface area is 70.6 Å². The van der Waals surface area contributed by atoms with E-state index in [1.165, 1.54) is 0 Å². The third-order valence-corrected chi connectivity index (χ3v) is 1.18. The molecule has 1 aromatic heterocycles. The first-order valence-electron chi connectivity index (χ1n) is 3.05. The van der Waals surface area contributed by atoms with E-state index in [1.807, 2.05) is 0 Å². The Bertz CT molecular complexity index is 333. The van der Waals surface area contributed by atoms with Gasteiger partial charge in [-0.05, 0) is 4.92 Å². The number of nitrogens with zero attached hydrogens (tertiary/aromatic N) is 3. The van der Waals surface area contributed by atoms with Crippen LogP contribution in [-0.2, 0) is 11.4 Å². The fourth-order valence-electron chi connectivity index (χ4n) is 0.693. The zero-order valence-electron chi connectivity index (χ0n) is 6.17. The van der Waals surface area contributed by atoms with E-state index in [2.05, 4.69) is 14.8 Å². The molecule has 1 heterocycles. The third kappa shape index (κ3) is 2.12. The summed E-state index contributed by atoms with van der Waals surface area (Å²) in [7, 11) is 0. The zero-order valence-corrected chi connectivity index (χ0v) is 6.17. The van der Waals surface area contributed by atoms with Crippen molar-refractivity contribution in [3.8, 4) is 0 Å². The van der Waals surface area contributed by atoms with Gasteiger partial charge in [0.15, 0.2) is 12.0 Å². The monoisotopic (exact) mass is 188 g/mol. The molecule has 0 unspecified atom stereocenters. The van der Waals surface area contributed by atoms with Gasteiger partial charge >= 0.3 is 5.82 Å². The predicted octanol–water partition coefficient (Wildman–Crippen LogP) is 0.0262. The number of aromatic amines is 1. The lowest BCUT2D eigenvalue weighted by Gasteiger charge is -1.95. The van der Waals surface area contributed by atoms with Gasteiger partial charge in [-0.1, -0.05) is 0 Å². The minimum Gasteiger partial charge on any atom is -0.358 e. The molecule has 0 fully saturated rings. The molecule has 0 aliphatic rings. The fraction of sp³-hybridized carbons (Fsp3) is 0.250. The van der Waals surface area contributed by atoms with E-state index in [-0.39, 0.29) is 5.69 Å². The summed E-state index contributed by atoms with van der Waals surface area (Å²) < 4.78 is 0. The van der Waals surface area contributed by atoms with Crippen molar-refractivity contribution < 1.29 is 14.8 Å². The van der Waals surface area contributed by atoms with Crippen LogP contribution in [0.1, 0.15) is 5.69 Å². The van der Waals surface area contributed by atoms with Crippen LogP contribution in [0.5, 0.6) is 0 Å². The quantitative estimate of drug-likeness (QED) is 0.524. The van der Waals surface area contributed by atoms with Gasteiger partial charge < -0.3 is 15.0 Å². The molecule has 9 nitrogen and oxygen atoms in total. The molecule has 1 rings (SSSR count). The Kier molecular flexibility index (Phi) is 2.38. The van der Waals surface area contributed by atoms with Gasteiger partial charge in [-0.2, -0.15) is 0 Å². The predicted molar refractivity (Wildman–Crippen MR) is 37.0 cm³/mol. The summed E-state index contributed by atoms with van der Waals surface area (Å²) in [6, 6.07) is 0. The van der Waals surface area contributed by atoms with Gasteiger partial charge in [-0.15, -0.1) is 10.1 Å². The molecular formula is C4H4N4O5. The molecule has 13 heavy (non-hydrogen) atoms. The second-order valence-electron chi connectivity index (χ2n) is 1.95. The standard InChI is InChI=1S/C4H4N4O5/c9-7(10)4-3(5-2-6-4)1-13-8(11)12/h2H,1H2,(H,5,6). The number of imidazole rings is 1. The maximum absolute atomic E-state index is 10.2. The number of hydrogen-bond donors (Lipinski definition) is 1. The molecule has 0 atom stereocenters. The van der Waals surface area contributed by atoms with Gasteiger partial charge in [0.25, 0.3) is 5.09 Å². The van der Waals surface area contributed by atoms with E-state index in [9.17, 15) is 20.2 Å². The number of H-pyrrole nitrogens is 1. The normalized spacial score (nSPS) is 9.54. The molecule has 70 valence electrons. The molecule has 1 N–H and O–H groups in total. The zero-order chi connectivity index (χ0) is 9.84. The van der Waals surface area contributed by atoms with Gasteiger partial charge in [-0.3, -0.25) is 0 Å². The Morgan fingerprint density at radius 2 is 2.23 bits per heavy atom. The second kappa shape index (κ2) is 3.47. The Hall–Kier alpha value is -2.19. The summed E-state index contributed by atoms with van der Waals surface area (Å²) in [6.07, 6.45) is 1.07. The second-order valence-corrected chi connectivity index (χ2v) is 1.95. The van der Waals surface area contributed by atoms with E-state index in [0.717, 1.165) is 6.33 Å². The SMILES string of the molecule is O=[N+]([O-])OCc1nc[nH]c1[N+](=O)[O-]. The first-order chi connectivity index (χ1) is 6.11. The van der Waals surface area contributed by atoms with Gasteiger partial charge in [0.05, 0.1) is 0 Å². The summed E-state index contributed by atoms with van der Waals surface area (Å²) >= 11 is 0. The maximum atomic E-state index is 10.2. The van der Waals surface area contributed by atoms with Crippen LogP contribution in [0.2, 0.25) is 0 Å². The highest BCUT2D eigenvalue weighted by Crippen LogP contribution is 2.12. The molecule has 0 spiro atoms. The maximum Gasteiger partial charge on any atom is 0.345 e. The molecule has 0 saturated carbocycles. The van der Waals surface area contributed by atoms with Crippen LogP contribution in [0.25, 0.3) is 0 Å². The van der Waals surface area contributed by atoms with Crippen molar-refractivity contribution in [2.24, 2.45) is 0 Å². The molecule has 0 aromatic carbocycles. The lowest BCUT2D eigenvalue weighted by atomic mass is 10.5. The van der Waals surface area contributed by atoms with Crippen LogP contribution in [-0.4, -0.2) is 20.0 Å². The molecule has 0 bridgehead atoms. The van der Waals surface area contributed by atoms with E-state index >= 15 is 0 Å². The average molecular weight is 188 g/mol. The van der Waals surface area contributed by atoms with E-state index in [4.69, 9.17) is 0 Å². The number of nitrogens with one attached hydrogen (secondary N) is 1. The minimum absolute atomic E-state index is 0.110. The summed E-state index contributed by atoms with van der Waals surface area (Å²) in [6.45, 7) is -0.535. The number of hydrogen-bond acceptors (Lipinski definition) is 6. The minimum atomic E-state index is -1.04. The van der Waals surface area contributed by atoms with Crippen molar-refractivity contribution in [2.45, 2.75) is 6.61 Å². The molecule has 9 heteroatoms. The molecule has 0 aliphatic carbocycles. The molecule has 0 saturated heterocycles. The van der Waals surface area contributed by atoms with Crippen molar-refractivity contribution in [3.63, 3.8) is 0 Å². The lowest BCUT2D eigenvalue weighted by Crippen LogP contribution is -2.03. The summed E-state index contributed by atoms with van der Waals surface area (Å²) in [5.74, 6) is -0.401. The number of rotatable bonds is 4. The summed E-state index contributed by atoms with van der Waals surface area (Å²) in [5, 5.41) is 18.9. The van der Waals surface area contributed by atoms with Crippen molar-refractivity contribution in [1.82, 2.24) is 9.97 Å².